The summed E-state index contributed by atoms with van der Waals surface area (Å²) >= 11 is 0. The van der Waals surface area contributed by atoms with Crippen molar-refractivity contribution >= 4 is 11.7 Å². The second-order valence-electron chi connectivity index (χ2n) is 3.40. The highest BCUT2D eigenvalue weighted by Crippen LogP contribution is 2.22. The first kappa shape index (κ1) is 10.3. The largest absolute Gasteiger partial charge is 0.368 e. The predicted octanol–water partition coefficient (Wildman–Crippen LogP) is 1.93. The quantitative estimate of drug-likeness (QED) is 0.774. The Bertz CT molecular complexity index is 537. The Kier molecular flexibility index (Phi) is 2.64. The SMILES string of the molecule is CC(=O)c1ccccc1-c1ccnc(N)n1. The first-order valence-corrected chi connectivity index (χ1v) is 4.87. The zero-order valence-electron chi connectivity index (χ0n) is 8.84. The number of rotatable bonds is 2. The molecule has 0 radical (unpaired) electrons. The number of carbonyl (C=O) groups is 1. The van der Waals surface area contributed by atoms with E-state index in [4.69, 9.17) is 5.73 Å². The molecule has 0 bridgehead atoms. The van der Waals surface area contributed by atoms with Gasteiger partial charge < -0.3 is 5.73 Å². The number of carbonyl (C=O) groups excluding carboxylic acids is 1. The Hall–Kier alpha value is -2.23. The van der Waals surface area contributed by atoms with Gasteiger partial charge >= 0.3 is 0 Å². The molecule has 0 unspecified atom stereocenters. The zero-order valence-corrected chi connectivity index (χ0v) is 8.84. The molecule has 2 N–H and O–H groups in total. The molecule has 0 aliphatic carbocycles. The topological polar surface area (TPSA) is 68.9 Å². The van der Waals surface area contributed by atoms with E-state index in [1.54, 1.807) is 18.3 Å². The summed E-state index contributed by atoms with van der Waals surface area (Å²) < 4.78 is 0. The molecule has 0 saturated carbocycles. The van der Waals surface area contributed by atoms with Gasteiger partial charge in [-0.25, -0.2) is 9.97 Å². The van der Waals surface area contributed by atoms with Crippen LogP contribution in [-0.4, -0.2) is 15.8 Å². The Morgan fingerprint density at radius 3 is 2.69 bits per heavy atom. The maximum atomic E-state index is 11.4. The van der Waals surface area contributed by atoms with Crippen molar-refractivity contribution in [2.45, 2.75) is 6.92 Å². The number of Topliss-reactive ketones (excluding diaryl/α,β-unsaturated/α-hetero) is 1. The summed E-state index contributed by atoms with van der Waals surface area (Å²) in [5.74, 6) is 0.212. The number of nitrogen functional groups attached to an aromatic ring is 1. The highest BCUT2D eigenvalue weighted by atomic mass is 16.1. The van der Waals surface area contributed by atoms with E-state index < -0.39 is 0 Å². The molecule has 0 aliphatic rings. The number of aromatic nitrogens is 2. The molecule has 1 aromatic carbocycles. The number of anilines is 1. The van der Waals surface area contributed by atoms with E-state index in [-0.39, 0.29) is 11.7 Å². The van der Waals surface area contributed by atoms with Crippen LogP contribution in [0.15, 0.2) is 36.5 Å². The lowest BCUT2D eigenvalue weighted by atomic mass is 10.0. The van der Waals surface area contributed by atoms with Crippen molar-refractivity contribution in [2.24, 2.45) is 0 Å². The number of hydrogen-bond donors (Lipinski definition) is 1. The first-order valence-electron chi connectivity index (χ1n) is 4.87. The van der Waals surface area contributed by atoms with Crippen LogP contribution in [0.25, 0.3) is 11.3 Å². The number of hydrogen-bond acceptors (Lipinski definition) is 4. The average molecular weight is 213 g/mol. The summed E-state index contributed by atoms with van der Waals surface area (Å²) in [5, 5.41) is 0. The van der Waals surface area contributed by atoms with Gasteiger partial charge in [-0.3, -0.25) is 4.79 Å². The first-order chi connectivity index (χ1) is 7.68. The fraction of sp³-hybridized carbons (Fsp3) is 0.0833. The molecule has 0 atom stereocenters. The Balaban J connectivity index is 2.60. The lowest BCUT2D eigenvalue weighted by Gasteiger charge is -2.05. The van der Waals surface area contributed by atoms with Gasteiger partial charge in [0.2, 0.25) is 5.95 Å². The maximum Gasteiger partial charge on any atom is 0.220 e. The molecule has 16 heavy (non-hydrogen) atoms. The molecule has 0 amide bonds. The molecule has 80 valence electrons. The van der Waals surface area contributed by atoms with Crippen LogP contribution in [-0.2, 0) is 0 Å². The van der Waals surface area contributed by atoms with Crippen molar-refractivity contribution < 1.29 is 4.79 Å². The third-order valence-electron chi connectivity index (χ3n) is 2.26. The molecule has 2 aromatic rings. The number of benzene rings is 1. The maximum absolute atomic E-state index is 11.4. The van der Waals surface area contributed by atoms with Gasteiger partial charge in [-0.05, 0) is 13.0 Å². The van der Waals surface area contributed by atoms with Crippen molar-refractivity contribution in [3.63, 3.8) is 0 Å². The second kappa shape index (κ2) is 4.10. The van der Waals surface area contributed by atoms with E-state index in [2.05, 4.69) is 9.97 Å². The molecular weight excluding hydrogens is 202 g/mol. The minimum absolute atomic E-state index is 0.00721. The lowest BCUT2D eigenvalue weighted by molar-refractivity contribution is 0.101. The Morgan fingerprint density at radius 2 is 2.00 bits per heavy atom. The van der Waals surface area contributed by atoms with Gasteiger partial charge in [0.1, 0.15) is 0 Å². The molecule has 2 rings (SSSR count). The van der Waals surface area contributed by atoms with E-state index >= 15 is 0 Å². The summed E-state index contributed by atoms with van der Waals surface area (Å²) in [4.78, 5) is 19.4. The predicted molar refractivity (Wildman–Crippen MR) is 61.9 cm³/mol. The van der Waals surface area contributed by atoms with Crippen molar-refractivity contribution in [3.8, 4) is 11.3 Å². The zero-order chi connectivity index (χ0) is 11.5. The monoisotopic (exact) mass is 213 g/mol. The van der Waals surface area contributed by atoms with Gasteiger partial charge in [0.15, 0.2) is 5.78 Å². The Morgan fingerprint density at radius 1 is 1.25 bits per heavy atom. The smallest absolute Gasteiger partial charge is 0.220 e. The fourth-order valence-electron chi connectivity index (χ4n) is 1.54. The van der Waals surface area contributed by atoms with Crippen LogP contribution >= 0.6 is 0 Å². The second-order valence-corrected chi connectivity index (χ2v) is 3.40. The molecule has 0 spiro atoms. The van der Waals surface area contributed by atoms with Gasteiger partial charge in [0.25, 0.3) is 0 Å². The summed E-state index contributed by atoms with van der Waals surface area (Å²) in [6.45, 7) is 1.53. The van der Waals surface area contributed by atoms with Crippen molar-refractivity contribution in [1.82, 2.24) is 9.97 Å². The molecular formula is C12H11N3O. The molecule has 0 fully saturated rings. The van der Waals surface area contributed by atoms with Gasteiger partial charge in [0.05, 0.1) is 5.69 Å². The summed E-state index contributed by atoms with van der Waals surface area (Å²) in [6, 6.07) is 9.04. The van der Waals surface area contributed by atoms with Gasteiger partial charge in [0, 0.05) is 17.3 Å². The van der Waals surface area contributed by atoms with Gasteiger partial charge in [-0.1, -0.05) is 24.3 Å². The van der Waals surface area contributed by atoms with E-state index in [0.717, 1.165) is 5.56 Å². The molecule has 1 aromatic heterocycles. The fourth-order valence-corrected chi connectivity index (χ4v) is 1.54. The summed E-state index contributed by atoms with van der Waals surface area (Å²) in [6.07, 6.45) is 1.58. The van der Waals surface area contributed by atoms with E-state index in [0.29, 0.717) is 11.3 Å². The third kappa shape index (κ3) is 1.91. The van der Waals surface area contributed by atoms with Gasteiger partial charge in [-0.2, -0.15) is 0 Å². The minimum Gasteiger partial charge on any atom is -0.368 e. The number of nitrogens with two attached hydrogens (primary N) is 1. The lowest BCUT2D eigenvalue weighted by Crippen LogP contribution is -1.99. The summed E-state index contributed by atoms with van der Waals surface area (Å²) in [5.41, 5.74) is 7.60. The van der Waals surface area contributed by atoms with E-state index in [1.807, 2.05) is 18.2 Å². The van der Waals surface area contributed by atoms with Crippen LogP contribution in [0.5, 0.6) is 0 Å². The van der Waals surface area contributed by atoms with Crippen LogP contribution in [0.1, 0.15) is 17.3 Å². The van der Waals surface area contributed by atoms with Crippen LogP contribution in [0.3, 0.4) is 0 Å². The van der Waals surface area contributed by atoms with Crippen LogP contribution in [0.2, 0.25) is 0 Å². The average Bonchev–Trinajstić information content (AvgIpc) is 2.29. The highest BCUT2D eigenvalue weighted by molar-refractivity contribution is 6.00. The molecule has 4 heteroatoms. The van der Waals surface area contributed by atoms with Crippen molar-refractivity contribution in [2.75, 3.05) is 5.73 Å². The van der Waals surface area contributed by atoms with Crippen molar-refractivity contribution in [3.05, 3.63) is 42.1 Å². The summed E-state index contributed by atoms with van der Waals surface area (Å²) in [7, 11) is 0. The minimum atomic E-state index is 0.00721. The van der Waals surface area contributed by atoms with Gasteiger partial charge in [-0.15, -0.1) is 0 Å². The third-order valence-corrected chi connectivity index (χ3v) is 2.26. The van der Waals surface area contributed by atoms with Crippen molar-refractivity contribution in [1.29, 1.82) is 0 Å². The van der Waals surface area contributed by atoms with Crippen LogP contribution < -0.4 is 5.73 Å². The molecule has 0 aliphatic heterocycles. The Labute approximate surface area is 93.2 Å². The highest BCUT2D eigenvalue weighted by Gasteiger charge is 2.09. The van der Waals surface area contributed by atoms with Crippen LogP contribution in [0, 0.1) is 0 Å². The normalized spacial score (nSPS) is 10.1. The molecule has 4 nitrogen and oxygen atoms in total. The molecule has 0 saturated heterocycles. The van der Waals surface area contributed by atoms with E-state index in [9.17, 15) is 4.79 Å². The number of ketones is 1. The van der Waals surface area contributed by atoms with E-state index in [1.165, 1.54) is 6.92 Å². The number of nitrogens with zero attached hydrogens (tertiary/aromatic N) is 2. The molecule has 1 heterocycles. The standard InChI is InChI=1S/C12H11N3O/c1-8(16)9-4-2-3-5-10(9)11-6-7-14-12(13)15-11/h2-7H,1H3,(H2,13,14,15). The van der Waals surface area contributed by atoms with Crippen LogP contribution in [0.4, 0.5) is 5.95 Å².